The topological polar surface area (TPSA) is 3.24 Å². The first-order valence-corrected chi connectivity index (χ1v) is 10.3. The van der Waals surface area contributed by atoms with Crippen molar-refractivity contribution in [2.24, 2.45) is 5.92 Å². The van der Waals surface area contributed by atoms with Gasteiger partial charge >= 0.3 is 6.18 Å². The van der Waals surface area contributed by atoms with Crippen molar-refractivity contribution in [3.8, 4) is 0 Å². The molecule has 2 aromatic rings. The van der Waals surface area contributed by atoms with Crippen LogP contribution in [0.15, 0.2) is 54.6 Å². The molecule has 2 unspecified atom stereocenters. The molecule has 1 saturated carbocycles. The number of rotatable bonds is 7. The molecule has 3 rings (SSSR count). The van der Waals surface area contributed by atoms with Crippen LogP contribution in [-0.4, -0.2) is 24.7 Å². The molecule has 2 aromatic carbocycles. The van der Waals surface area contributed by atoms with Gasteiger partial charge in [-0.05, 0) is 61.9 Å². The van der Waals surface area contributed by atoms with Crippen molar-refractivity contribution in [3.63, 3.8) is 0 Å². The van der Waals surface area contributed by atoms with E-state index in [1.165, 1.54) is 11.1 Å². The van der Waals surface area contributed by atoms with Crippen molar-refractivity contribution >= 4 is 0 Å². The van der Waals surface area contributed by atoms with Crippen LogP contribution in [0.4, 0.5) is 13.2 Å². The summed E-state index contributed by atoms with van der Waals surface area (Å²) in [6.45, 7) is 1.93. The minimum atomic E-state index is -4.09. The summed E-state index contributed by atoms with van der Waals surface area (Å²) in [6.07, 6.45) is 0.399. The van der Waals surface area contributed by atoms with Gasteiger partial charge in [0, 0.05) is 6.54 Å². The summed E-state index contributed by atoms with van der Waals surface area (Å²) in [5.41, 5.74) is 3.37. The lowest BCUT2D eigenvalue weighted by Gasteiger charge is -2.33. The van der Waals surface area contributed by atoms with E-state index in [2.05, 4.69) is 36.2 Å². The fraction of sp³-hybridized carbons (Fsp3) is 0.500. The summed E-state index contributed by atoms with van der Waals surface area (Å²) >= 11 is 0. The van der Waals surface area contributed by atoms with Crippen LogP contribution >= 0.6 is 0 Å². The first-order valence-electron chi connectivity index (χ1n) is 10.3. The molecule has 28 heavy (non-hydrogen) atoms. The van der Waals surface area contributed by atoms with Crippen LogP contribution in [0.2, 0.25) is 0 Å². The zero-order valence-corrected chi connectivity index (χ0v) is 16.6. The molecule has 0 amide bonds. The highest BCUT2D eigenvalue weighted by atomic mass is 19.4. The summed E-state index contributed by atoms with van der Waals surface area (Å²) < 4.78 is 40.1. The fourth-order valence-electron chi connectivity index (χ4n) is 4.38. The molecule has 0 aliphatic heterocycles. The molecule has 0 radical (unpaired) electrons. The second-order valence-corrected chi connectivity index (χ2v) is 8.11. The maximum Gasteiger partial charge on any atom is 0.392 e. The Balaban J connectivity index is 1.50. The Kier molecular flexibility index (Phi) is 7.17. The minimum Gasteiger partial charge on any atom is -0.302 e. The van der Waals surface area contributed by atoms with Gasteiger partial charge < -0.3 is 4.90 Å². The molecule has 1 aliphatic carbocycles. The zero-order chi connectivity index (χ0) is 20.0. The van der Waals surface area contributed by atoms with Gasteiger partial charge in [0.15, 0.2) is 0 Å². The molecule has 0 N–H and O–H groups in total. The van der Waals surface area contributed by atoms with Crippen molar-refractivity contribution in [2.75, 3.05) is 13.6 Å². The second-order valence-electron chi connectivity index (χ2n) is 8.11. The lowest BCUT2D eigenvalue weighted by molar-refractivity contribution is -0.187. The molecular weight excluding hydrogens is 359 g/mol. The van der Waals surface area contributed by atoms with Crippen LogP contribution in [0.3, 0.4) is 0 Å². The number of alkyl halides is 3. The van der Waals surface area contributed by atoms with E-state index in [1.807, 2.05) is 30.3 Å². The van der Waals surface area contributed by atoms with Crippen LogP contribution in [0.1, 0.15) is 54.7 Å². The lowest BCUT2D eigenvalue weighted by Crippen LogP contribution is -2.31. The predicted molar refractivity (Wildman–Crippen MR) is 108 cm³/mol. The van der Waals surface area contributed by atoms with E-state index >= 15 is 0 Å². The van der Waals surface area contributed by atoms with E-state index in [1.54, 1.807) is 0 Å². The second kappa shape index (κ2) is 9.60. The SMILES string of the molecule is CN(CCCc1ccc(C2CCCCC2C(F)(F)F)cc1)Cc1ccccc1. The summed E-state index contributed by atoms with van der Waals surface area (Å²) in [6, 6.07) is 18.3. The number of aryl methyl sites for hydroxylation is 1. The largest absolute Gasteiger partial charge is 0.392 e. The Labute approximate surface area is 166 Å². The van der Waals surface area contributed by atoms with Crippen molar-refractivity contribution in [1.82, 2.24) is 4.90 Å². The van der Waals surface area contributed by atoms with Gasteiger partial charge in [0.05, 0.1) is 5.92 Å². The van der Waals surface area contributed by atoms with Gasteiger partial charge in [-0.1, -0.05) is 67.4 Å². The molecule has 0 saturated heterocycles. The third-order valence-corrected chi connectivity index (χ3v) is 5.89. The Morgan fingerprint density at radius 2 is 1.57 bits per heavy atom. The number of hydrogen-bond donors (Lipinski definition) is 0. The van der Waals surface area contributed by atoms with Gasteiger partial charge in [0.2, 0.25) is 0 Å². The minimum absolute atomic E-state index is 0.268. The highest BCUT2D eigenvalue weighted by molar-refractivity contribution is 5.27. The molecule has 1 aliphatic rings. The molecule has 2 atom stereocenters. The number of hydrogen-bond acceptors (Lipinski definition) is 1. The summed E-state index contributed by atoms with van der Waals surface area (Å²) in [4.78, 5) is 2.31. The summed E-state index contributed by atoms with van der Waals surface area (Å²) in [5.74, 6) is -1.56. The monoisotopic (exact) mass is 389 g/mol. The van der Waals surface area contributed by atoms with Gasteiger partial charge in [0.1, 0.15) is 0 Å². The molecule has 152 valence electrons. The van der Waals surface area contributed by atoms with Crippen LogP contribution in [0.5, 0.6) is 0 Å². The first kappa shape index (κ1) is 20.9. The Morgan fingerprint density at radius 1 is 0.893 bits per heavy atom. The van der Waals surface area contributed by atoms with Crippen molar-refractivity contribution in [3.05, 3.63) is 71.3 Å². The summed E-state index contributed by atoms with van der Waals surface area (Å²) in [7, 11) is 2.12. The number of nitrogens with zero attached hydrogens (tertiary/aromatic N) is 1. The van der Waals surface area contributed by atoms with Gasteiger partial charge in [-0.3, -0.25) is 0 Å². The third kappa shape index (κ3) is 5.84. The van der Waals surface area contributed by atoms with E-state index in [9.17, 15) is 13.2 Å². The van der Waals surface area contributed by atoms with Gasteiger partial charge in [-0.25, -0.2) is 0 Å². The molecule has 4 heteroatoms. The van der Waals surface area contributed by atoms with Gasteiger partial charge in [-0.15, -0.1) is 0 Å². The van der Waals surface area contributed by atoms with E-state index in [4.69, 9.17) is 0 Å². The highest BCUT2D eigenvalue weighted by Gasteiger charge is 2.45. The lowest BCUT2D eigenvalue weighted by atomic mass is 9.75. The van der Waals surface area contributed by atoms with Crippen LogP contribution in [-0.2, 0) is 13.0 Å². The van der Waals surface area contributed by atoms with Gasteiger partial charge in [0.25, 0.3) is 0 Å². The molecule has 0 heterocycles. The highest BCUT2D eigenvalue weighted by Crippen LogP contribution is 2.46. The Hall–Kier alpha value is -1.81. The summed E-state index contributed by atoms with van der Waals surface area (Å²) in [5, 5.41) is 0. The standard InChI is InChI=1S/C24H30F3N/c1-28(18-20-8-3-2-4-9-20)17-7-10-19-13-15-21(16-14-19)22-11-5-6-12-23(22)24(25,26)27/h2-4,8-9,13-16,22-23H,5-7,10-12,17-18H2,1H3. The average molecular weight is 390 g/mol. The molecular formula is C24H30F3N. The Bertz CT molecular complexity index is 709. The quantitative estimate of drug-likeness (QED) is 0.516. The maximum absolute atomic E-state index is 13.4. The molecule has 0 spiro atoms. The predicted octanol–water partition coefficient (Wildman–Crippen LogP) is 6.59. The van der Waals surface area contributed by atoms with Crippen LogP contribution < -0.4 is 0 Å². The normalized spacial score (nSPS) is 20.5. The van der Waals surface area contributed by atoms with E-state index in [0.29, 0.717) is 12.8 Å². The van der Waals surface area contributed by atoms with E-state index in [0.717, 1.165) is 37.9 Å². The van der Waals surface area contributed by atoms with Crippen molar-refractivity contribution in [2.45, 2.75) is 57.2 Å². The Morgan fingerprint density at radius 3 is 2.25 bits per heavy atom. The van der Waals surface area contributed by atoms with Crippen molar-refractivity contribution < 1.29 is 13.2 Å². The van der Waals surface area contributed by atoms with Crippen molar-refractivity contribution in [1.29, 1.82) is 0 Å². The first-order chi connectivity index (χ1) is 13.4. The van der Waals surface area contributed by atoms with Crippen LogP contribution in [0.25, 0.3) is 0 Å². The molecule has 1 fully saturated rings. The zero-order valence-electron chi connectivity index (χ0n) is 16.6. The number of benzene rings is 2. The number of halogens is 3. The molecule has 1 nitrogen and oxygen atoms in total. The third-order valence-electron chi connectivity index (χ3n) is 5.89. The van der Waals surface area contributed by atoms with E-state index < -0.39 is 12.1 Å². The fourth-order valence-corrected chi connectivity index (χ4v) is 4.38. The van der Waals surface area contributed by atoms with E-state index in [-0.39, 0.29) is 12.3 Å². The average Bonchev–Trinajstić information content (AvgIpc) is 2.69. The smallest absolute Gasteiger partial charge is 0.302 e. The maximum atomic E-state index is 13.4. The van der Waals surface area contributed by atoms with Crippen LogP contribution in [0, 0.1) is 5.92 Å². The molecule has 0 aromatic heterocycles. The molecule has 0 bridgehead atoms. The van der Waals surface area contributed by atoms with Gasteiger partial charge in [-0.2, -0.15) is 13.2 Å².